The average Bonchev–Trinajstić information content (AvgIpc) is 2.86. The summed E-state index contributed by atoms with van der Waals surface area (Å²) in [6.45, 7) is 4.56. The van der Waals surface area contributed by atoms with E-state index in [4.69, 9.17) is 34.8 Å². The zero-order chi connectivity index (χ0) is 28.0. The summed E-state index contributed by atoms with van der Waals surface area (Å²) >= 11 is 18.6. The second-order valence-corrected chi connectivity index (χ2v) is 12.0. The number of benzene rings is 3. The number of carbonyl (C=O) groups excluding carboxylic acids is 2. The van der Waals surface area contributed by atoms with Crippen LogP contribution in [0.4, 0.5) is 5.69 Å². The maximum Gasteiger partial charge on any atom is 0.264 e. The van der Waals surface area contributed by atoms with Crippen LogP contribution in [0.5, 0.6) is 0 Å². The number of anilines is 1. The Kier molecular flexibility index (Phi) is 10.1. The van der Waals surface area contributed by atoms with Crippen molar-refractivity contribution in [2.24, 2.45) is 0 Å². The largest absolute Gasteiger partial charge is 0.352 e. The second-order valence-electron chi connectivity index (χ2n) is 8.90. The molecule has 0 spiro atoms. The molecular formula is C27H28Cl3N3O4S. The Hall–Kier alpha value is -2.78. The van der Waals surface area contributed by atoms with Crippen molar-refractivity contribution in [3.63, 3.8) is 0 Å². The van der Waals surface area contributed by atoms with Crippen molar-refractivity contribution in [2.75, 3.05) is 10.8 Å². The van der Waals surface area contributed by atoms with E-state index < -0.39 is 34.4 Å². The van der Waals surface area contributed by atoms with Crippen LogP contribution in [0.2, 0.25) is 15.1 Å². The van der Waals surface area contributed by atoms with Crippen LogP contribution >= 0.6 is 34.8 Å². The van der Waals surface area contributed by atoms with Crippen molar-refractivity contribution in [1.82, 2.24) is 10.2 Å². The number of carbonyl (C=O) groups is 2. The third-order valence-electron chi connectivity index (χ3n) is 5.66. The zero-order valence-corrected chi connectivity index (χ0v) is 24.2. The number of halogens is 3. The molecule has 3 aromatic rings. The molecule has 0 aliphatic carbocycles. The Morgan fingerprint density at radius 1 is 0.868 bits per heavy atom. The minimum absolute atomic E-state index is 0.00525. The summed E-state index contributed by atoms with van der Waals surface area (Å²) in [6.07, 6.45) is 0. The average molecular weight is 597 g/mol. The molecule has 1 atom stereocenters. The van der Waals surface area contributed by atoms with E-state index in [-0.39, 0.29) is 23.2 Å². The Morgan fingerprint density at radius 3 is 2.13 bits per heavy atom. The van der Waals surface area contributed by atoms with Crippen molar-refractivity contribution in [2.45, 2.75) is 44.3 Å². The Morgan fingerprint density at radius 2 is 1.53 bits per heavy atom. The summed E-state index contributed by atoms with van der Waals surface area (Å²) in [4.78, 5) is 28.1. The smallest absolute Gasteiger partial charge is 0.264 e. The Labute approximate surface area is 238 Å². The zero-order valence-electron chi connectivity index (χ0n) is 21.1. The lowest BCUT2D eigenvalue weighted by atomic mass is 10.1. The van der Waals surface area contributed by atoms with Crippen molar-refractivity contribution in [3.05, 3.63) is 93.4 Å². The van der Waals surface area contributed by atoms with Crippen molar-refractivity contribution < 1.29 is 18.0 Å². The van der Waals surface area contributed by atoms with Crippen molar-refractivity contribution in [1.29, 1.82) is 0 Å². The highest BCUT2D eigenvalue weighted by Crippen LogP contribution is 2.28. The summed E-state index contributed by atoms with van der Waals surface area (Å²) in [7, 11) is -4.17. The summed E-state index contributed by atoms with van der Waals surface area (Å²) in [5.41, 5.74) is 0.757. The molecule has 0 heterocycles. The highest BCUT2D eigenvalue weighted by molar-refractivity contribution is 7.92. The molecule has 0 fully saturated rings. The van der Waals surface area contributed by atoms with Crippen LogP contribution in [-0.2, 0) is 26.2 Å². The highest BCUT2D eigenvalue weighted by atomic mass is 35.5. The van der Waals surface area contributed by atoms with E-state index in [0.717, 1.165) is 4.31 Å². The summed E-state index contributed by atoms with van der Waals surface area (Å²) in [5, 5.41) is 3.84. The third kappa shape index (κ3) is 7.41. The topological polar surface area (TPSA) is 86.8 Å². The summed E-state index contributed by atoms with van der Waals surface area (Å²) in [6, 6.07) is 17.7. The quantitative estimate of drug-likeness (QED) is 0.321. The van der Waals surface area contributed by atoms with Gasteiger partial charge in [-0.2, -0.15) is 0 Å². The number of nitrogens with zero attached hydrogens (tertiary/aromatic N) is 2. The lowest BCUT2D eigenvalue weighted by Gasteiger charge is -2.32. The van der Waals surface area contributed by atoms with Crippen LogP contribution in [0.3, 0.4) is 0 Å². The van der Waals surface area contributed by atoms with Gasteiger partial charge in [0.15, 0.2) is 0 Å². The van der Waals surface area contributed by atoms with E-state index in [9.17, 15) is 18.0 Å². The number of hydrogen-bond acceptors (Lipinski definition) is 4. The van der Waals surface area contributed by atoms with Crippen molar-refractivity contribution in [3.8, 4) is 0 Å². The van der Waals surface area contributed by atoms with Gasteiger partial charge in [-0.15, -0.1) is 0 Å². The van der Waals surface area contributed by atoms with Gasteiger partial charge >= 0.3 is 0 Å². The molecule has 0 saturated heterocycles. The molecular weight excluding hydrogens is 569 g/mol. The van der Waals surface area contributed by atoms with Crippen LogP contribution in [0.15, 0.2) is 77.7 Å². The molecule has 3 rings (SSSR count). The van der Waals surface area contributed by atoms with Crippen LogP contribution in [0.25, 0.3) is 0 Å². The van der Waals surface area contributed by atoms with Crippen molar-refractivity contribution >= 4 is 62.3 Å². The monoisotopic (exact) mass is 595 g/mol. The number of nitrogens with one attached hydrogen (secondary N) is 1. The predicted molar refractivity (Wildman–Crippen MR) is 152 cm³/mol. The molecule has 7 nitrogen and oxygen atoms in total. The van der Waals surface area contributed by atoms with E-state index in [1.807, 2.05) is 0 Å². The van der Waals surface area contributed by atoms with E-state index >= 15 is 0 Å². The maximum absolute atomic E-state index is 13.8. The molecule has 202 valence electrons. The fourth-order valence-electron chi connectivity index (χ4n) is 3.70. The third-order valence-corrected chi connectivity index (χ3v) is 8.27. The minimum atomic E-state index is -4.17. The fraction of sp³-hybridized carbons (Fsp3) is 0.259. The van der Waals surface area contributed by atoms with Gasteiger partial charge in [0.05, 0.1) is 10.6 Å². The number of rotatable bonds is 10. The summed E-state index contributed by atoms with van der Waals surface area (Å²) in [5.74, 6) is -0.999. The first-order valence-electron chi connectivity index (χ1n) is 11.8. The first-order chi connectivity index (χ1) is 17.9. The van der Waals surface area contributed by atoms with E-state index in [1.54, 1.807) is 69.3 Å². The van der Waals surface area contributed by atoms with Gasteiger partial charge in [-0.3, -0.25) is 13.9 Å². The Balaban J connectivity index is 2.04. The maximum atomic E-state index is 13.8. The van der Waals surface area contributed by atoms with Crippen LogP contribution < -0.4 is 9.62 Å². The first-order valence-corrected chi connectivity index (χ1v) is 14.3. The minimum Gasteiger partial charge on any atom is -0.352 e. The van der Waals surface area contributed by atoms with E-state index in [0.29, 0.717) is 20.6 Å². The Bertz CT molecular complexity index is 1400. The second kappa shape index (κ2) is 12.8. The van der Waals surface area contributed by atoms with Gasteiger partial charge in [0, 0.05) is 27.7 Å². The number of hydrogen-bond donors (Lipinski definition) is 1. The molecule has 1 unspecified atom stereocenters. The molecule has 0 aliphatic heterocycles. The van der Waals surface area contributed by atoms with Gasteiger partial charge in [0.25, 0.3) is 10.0 Å². The van der Waals surface area contributed by atoms with Gasteiger partial charge in [0.1, 0.15) is 12.6 Å². The highest BCUT2D eigenvalue weighted by Gasteiger charge is 2.33. The standard InChI is InChI=1S/C27H28Cl3N3O4S/c1-18(2)31-27(35)19(3)32(16-20-12-13-22(29)15-25(20)30)26(34)17-33(23-9-7-8-21(28)14-23)38(36,37)24-10-5-4-6-11-24/h4-15,18-19H,16-17H2,1-3H3,(H,31,35). The molecule has 11 heteroatoms. The normalized spacial score (nSPS) is 12.2. The lowest BCUT2D eigenvalue weighted by Crippen LogP contribution is -2.52. The van der Waals surface area contributed by atoms with Crippen LogP contribution in [-0.4, -0.2) is 43.8 Å². The van der Waals surface area contributed by atoms with E-state index in [2.05, 4.69) is 5.32 Å². The molecule has 3 aromatic carbocycles. The molecule has 0 aliphatic rings. The van der Waals surface area contributed by atoms with Gasteiger partial charge < -0.3 is 10.2 Å². The van der Waals surface area contributed by atoms with Crippen LogP contribution in [0.1, 0.15) is 26.3 Å². The first kappa shape index (κ1) is 29.8. The molecule has 0 radical (unpaired) electrons. The molecule has 2 amide bonds. The number of amides is 2. The molecule has 0 saturated carbocycles. The van der Waals surface area contributed by atoms with Gasteiger partial charge in [-0.25, -0.2) is 8.42 Å². The molecule has 38 heavy (non-hydrogen) atoms. The number of sulfonamides is 1. The van der Waals surface area contributed by atoms with Gasteiger partial charge in [-0.1, -0.05) is 65.1 Å². The summed E-state index contributed by atoms with van der Waals surface area (Å²) < 4.78 is 28.4. The molecule has 1 N–H and O–H groups in total. The SMILES string of the molecule is CC(C)NC(=O)C(C)N(Cc1ccc(Cl)cc1Cl)C(=O)CN(c1cccc(Cl)c1)S(=O)(=O)c1ccccc1. The lowest BCUT2D eigenvalue weighted by molar-refractivity contribution is -0.139. The molecule has 0 aromatic heterocycles. The fourth-order valence-corrected chi connectivity index (χ4v) is 5.78. The van der Waals surface area contributed by atoms with Gasteiger partial charge in [-0.05, 0) is 68.8 Å². The van der Waals surface area contributed by atoms with Gasteiger partial charge in [0.2, 0.25) is 11.8 Å². The molecule has 0 bridgehead atoms. The predicted octanol–water partition coefficient (Wildman–Crippen LogP) is 5.78. The van der Waals surface area contributed by atoms with Crippen LogP contribution in [0, 0.1) is 0 Å². The van der Waals surface area contributed by atoms with E-state index in [1.165, 1.54) is 29.2 Å².